The second-order valence-electron chi connectivity index (χ2n) is 4.33. The van der Waals surface area contributed by atoms with Gasteiger partial charge in [0, 0.05) is 35.8 Å². The van der Waals surface area contributed by atoms with Gasteiger partial charge in [0.2, 0.25) is 0 Å². The largest absolute Gasteiger partial charge is 0.340 e. The molecule has 0 aliphatic carbocycles. The molecule has 0 spiro atoms. The number of rotatable bonds is 2. The molecule has 0 amide bonds. The molecule has 1 aliphatic rings. The van der Waals surface area contributed by atoms with E-state index in [-0.39, 0.29) is 0 Å². The van der Waals surface area contributed by atoms with Gasteiger partial charge in [-0.1, -0.05) is 17.7 Å². The Kier molecular flexibility index (Phi) is 3.68. The van der Waals surface area contributed by atoms with Crippen molar-refractivity contribution in [1.29, 1.82) is 0 Å². The highest BCUT2D eigenvalue weighted by molar-refractivity contribution is 9.10. The summed E-state index contributed by atoms with van der Waals surface area (Å²) in [5, 5.41) is 7.34. The van der Waals surface area contributed by atoms with E-state index >= 15 is 0 Å². The van der Waals surface area contributed by atoms with Crippen molar-refractivity contribution in [2.24, 2.45) is 0 Å². The maximum atomic E-state index is 5.99. The number of aromatic nitrogens is 2. The zero-order valence-corrected chi connectivity index (χ0v) is 12.4. The molecule has 4 nitrogen and oxygen atoms in total. The van der Waals surface area contributed by atoms with E-state index in [9.17, 15) is 0 Å². The lowest BCUT2D eigenvalue weighted by Gasteiger charge is -2.19. The van der Waals surface area contributed by atoms with Gasteiger partial charge in [-0.25, -0.2) is 9.97 Å². The molecule has 98 valence electrons. The Morgan fingerprint density at radius 1 is 1.32 bits per heavy atom. The number of nitrogens with zero attached hydrogens (tertiary/aromatic N) is 2. The minimum absolute atomic E-state index is 0.609. The van der Waals surface area contributed by atoms with E-state index in [1.165, 1.54) is 0 Å². The van der Waals surface area contributed by atoms with Crippen LogP contribution < -0.4 is 10.6 Å². The zero-order valence-electron chi connectivity index (χ0n) is 10.1. The highest BCUT2D eigenvalue weighted by Crippen LogP contribution is 2.26. The molecule has 2 aromatic rings. The summed E-state index contributed by atoms with van der Waals surface area (Å²) in [7, 11) is 0. The van der Waals surface area contributed by atoms with Gasteiger partial charge < -0.3 is 10.6 Å². The maximum absolute atomic E-state index is 5.99. The summed E-state index contributed by atoms with van der Waals surface area (Å²) in [5.74, 6) is 0.825. The topological polar surface area (TPSA) is 49.8 Å². The molecule has 0 radical (unpaired) electrons. The van der Waals surface area contributed by atoms with Gasteiger partial charge in [-0.15, -0.1) is 0 Å². The highest BCUT2D eigenvalue weighted by atomic mass is 79.9. The molecule has 0 fully saturated rings. The van der Waals surface area contributed by atoms with E-state index in [4.69, 9.17) is 11.6 Å². The van der Waals surface area contributed by atoms with Crippen LogP contribution in [0.1, 0.15) is 11.3 Å². The fraction of sp³-hybridized carbons (Fsp3) is 0.231. The number of anilines is 2. The monoisotopic (exact) mass is 338 g/mol. The van der Waals surface area contributed by atoms with Crippen molar-refractivity contribution in [3.8, 4) is 0 Å². The van der Waals surface area contributed by atoms with Crippen LogP contribution in [-0.2, 0) is 13.0 Å². The van der Waals surface area contributed by atoms with Crippen molar-refractivity contribution in [3.05, 3.63) is 45.3 Å². The van der Waals surface area contributed by atoms with Gasteiger partial charge in [-0.2, -0.15) is 0 Å². The molecule has 19 heavy (non-hydrogen) atoms. The third-order valence-electron chi connectivity index (χ3n) is 2.99. The van der Waals surface area contributed by atoms with Gasteiger partial charge in [-0.3, -0.25) is 0 Å². The SMILES string of the molecule is Clc1cccc(Nc2nc(Br)nc3c2CNCC3)c1. The van der Waals surface area contributed by atoms with E-state index in [0.29, 0.717) is 9.76 Å². The Morgan fingerprint density at radius 2 is 2.21 bits per heavy atom. The molecule has 2 N–H and O–H groups in total. The van der Waals surface area contributed by atoms with E-state index in [1.807, 2.05) is 24.3 Å². The molecule has 0 unspecified atom stereocenters. The fourth-order valence-electron chi connectivity index (χ4n) is 2.12. The van der Waals surface area contributed by atoms with Crippen LogP contribution in [0, 0.1) is 0 Å². The number of benzene rings is 1. The van der Waals surface area contributed by atoms with Crippen molar-refractivity contribution in [2.45, 2.75) is 13.0 Å². The van der Waals surface area contributed by atoms with Crippen LogP contribution in [-0.4, -0.2) is 16.5 Å². The summed E-state index contributed by atoms with van der Waals surface area (Å²) in [6, 6.07) is 7.59. The molecular weight excluding hydrogens is 328 g/mol. The van der Waals surface area contributed by atoms with Crippen LogP contribution in [0.25, 0.3) is 0 Å². The standard InChI is InChI=1S/C13H12BrClN4/c14-13-18-11-4-5-16-7-10(11)12(19-13)17-9-3-1-2-8(15)6-9/h1-3,6,16H,4-5,7H2,(H,17,18,19). The summed E-state index contributed by atoms with van der Waals surface area (Å²) in [6.45, 7) is 1.73. The van der Waals surface area contributed by atoms with Crippen LogP contribution in [0.15, 0.2) is 29.0 Å². The minimum atomic E-state index is 0.609. The normalized spacial score (nSPS) is 14.0. The maximum Gasteiger partial charge on any atom is 0.198 e. The van der Waals surface area contributed by atoms with Gasteiger partial charge in [0.25, 0.3) is 0 Å². The molecule has 0 saturated carbocycles. The number of halogens is 2. The number of nitrogens with one attached hydrogen (secondary N) is 2. The lowest BCUT2D eigenvalue weighted by atomic mass is 10.1. The Hall–Kier alpha value is -1.17. The lowest BCUT2D eigenvalue weighted by molar-refractivity contribution is 0.626. The molecule has 0 atom stereocenters. The van der Waals surface area contributed by atoms with Crippen LogP contribution in [0.5, 0.6) is 0 Å². The van der Waals surface area contributed by atoms with Crippen molar-refractivity contribution in [1.82, 2.24) is 15.3 Å². The van der Waals surface area contributed by atoms with Gasteiger partial charge >= 0.3 is 0 Å². The molecule has 1 aliphatic heterocycles. The van der Waals surface area contributed by atoms with Crippen molar-refractivity contribution in [2.75, 3.05) is 11.9 Å². The van der Waals surface area contributed by atoms with Crippen LogP contribution in [0.2, 0.25) is 5.02 Å². The van der Waals surface area contributed by atoms with Crippen molar-refractivity contribution < 1.29 is 0 Å². The first kappa shape index (κ1) is 12.8. The number of hydrogen-bond acceptors (Lipinski definition) is 4. The van der Waals surface area contributed by atoms with Crippen molar-refractivity contribution in [3.63, 3.8) is 0 Å². The predicted molar refractivity (Wildman–Crippen MR) is 79.9 cm³/mol. The second-order valence-corrected chi connectivity index (χ2v) is 5.47. The summed E-state index contributed by atoms with van der Waals surface area (Å²) in [6.07, 6.45) is 0.917. The van der Waals surface area contributed by atoms with E-state index in [1.54, 1.807) is 0 Å². The summed E-state index contributed by atoms with van der Waals surface area (Å²) < 4.78 is 0.609. The molecule has 0 bridgehead atoms. The highest BCUT2D eigenvalue weighted by Gasteiger charge is 2.16. The third kappa shape index (κ3) is 2.88. The average Bonchev–Trinajstić information content (AvgIpc) is 2.38. The molecular formula is C13H12BrClN4. The Labute approximate surface area is 124 Å². The predicted octanol–water partition coefficient (Wildman–Crippen LogP) is 3.28. The van der Waals surface area contributed by atoms with Crippen LogP contribution >= 0.6 is 27.5 Å². The van der Waals surface area contributed by atoms with Crippen LogP contribution in [0.3, 0.4) is 0 Å². The third-order valence-corrected chi connectivity index (χ3v) is 3.58. The minimum Gasteiger partial charge on any atom is -0.340 e. The second kappa shape index (κ2) is 5.45. The lowest BCUT2D eigenvalue weighted by Crippen LogP contribution is -2.26. The van der Waals surface area contributed by atoms with Gasteiger partial charge in [0.15, 0.2) is 4.73 Å². The first-order valence-corrected chi connectivity index (χ1v) is 7.18. The Bertz CT molecular complexity index is 618. The average molecular weight is 340 g/mol. The number of hydrogen-bond donors (Lipinski definition) is 2. The molecule has 1 aromatic carbocycles. The number of fused-ring (bicyclic) bond motifs is 1. The quantitative estimate of drug-likeness (QED) is 0.825. The van der Waals surface area contributed by atoms with Crippen LogP contribution in [0.4, 0.5) is 11.5 Å². The molecule has 0 saturated heterocycles. The van der Waals surface area contributed by atoms with E-state index in [2.05, 4.69) is 36.5 Å². The van der Waals surface area contributed by atoms with E-state index in [0.717, 1.165) is 42.3 Å². The Balaban J connectivity index is 1.98. The summed E-state index contributed by atoms with van der Waals surface area (Å²) in [4.78, 5) is 8.86. The molecule has 2 heterocycles. The van der Waals surface area contributed by atoms with Crippen molar-refractivity contribution >= 4 is 39.0 Å². The molecule has 1 aromatic heterocycles. The fourth-order valence-corrected chi connectivity index (χ4v) is 2.70. The zero-order chi connectivity index (χ0) is 13.2. The first-order chi connectivity index (χ1) is 9.22. The molecule has 3 rings (SSSR count). The summed E-state index contributed by atoms with van der Waals surface area (Å²) in [5.41, 5.74) is 3.13. The smallest absolute Gasteiger partial charge is 0.198 e. The summed E-state index contributed by atoms with van der Waals surface area (Å²) >= 11 is 9.35. The van der Waals surface area contributed by atoms with Gasteiger partial charge in [0.05, 0.1) is 5.69 Å². The van der Waals surface area contributed by atoms with Gasteiger partial charge in [0.1, 0.15) is 5.82 Å². The Morgan fingerprint density at radius 3 is 3.05 bits per heavy atom. The van der Waals surface area contributed by atoms with Gasteiger partial charge in [-0.05, 0) is 34.1 Å². The first-order valence-electron chi connectivity index (χ1n) is 6.01. The van der Waals surface area contributed by atoms with E-state index < -0.39 is 0 Å². The molecule has 6 heteroatoms.